The first-order valence-electron chi connectivity index (χ1n) is 4.35. The number of halogens is 1. The molecule has 0 N–H and O–H groups in total. The Morgan fingerprint density at radius 3 is 2.00 bits per heavy atom. The number of cyclic esters (lactones) is 2. The lowest BCUT2D eigenvalue weighted by atomic mass is 9.93. The van der Waals surface area contributed by atoms with Crippen molar-refractivity contribution in [2.24, 2.45) is 11.8 Å². The van der Waals surface area contributed by atoms with E-state index in [4.69, 9.17) is 0 Å². The molecule has 0 spiro atoms. The molecule has 4 heteroatoms. The van der Waals surface area contributed by atoms with Crippen LogP contribution >= 0.6 is 0 Å². The lowest BCUT2D eigenvalue weighted by molar-refractivity contribution is -0.152. The topological polar surface area (TPSA) is 43.4 Å². The van der Waals surface area contributed by atoms with Gasteiger partial charge in [-0.3, -0.25) is 0 Å². The minimum absolute atomic E-state index is 0.328. The van der Waals surface area contributed by atoms with Crippen molar-refractivity contribution in [3.63, 3.8) is 0 Å². The molecule has 0 radical (unpaired) electrons. The average molecular weight is 182 g/mol. The van der Waals surface area contributed by atoms with Crippen molar-refractivity contribution < 1.29 is 18.7 Å². The van der Waals surface area contributed by atoms with Crippen LogP contribution in [0.2, 0.25) is 0 Å². The Labute approximate surface area is 73.6 Å². The van der Waals surface area contributed by atoms with Gasteiger partial charge in [0.05, 0.1) is 11.1 Å². The molecule has 13 heavy (non-hydrogen) atoms. The van der Waals surface area contributed by atoms with Gasteiger partial charge in [0, 0.05) is 11.8 Å². The van der Waals surface area contributed by atoms with E-state index >= 15 is 0 Å². The van der Waals surface area contributed by atoms with Crippen molar-refractivity contribution in [1.29, 1.82) is 0 Å². The number of esters is 2. The first-order chi connectivity index (χ1) is 6.20. The second-order valence-electron chi connectivity index (χ2n) is 3.74. The molecular formula is C9H7FO3. The van der Waals surface area contributed by atoms with Crippen molar-refractivity contribution in [3.05, 3.63) is 11.1 Å². The highest BCUT2D eigenvalue weighted by Crippen LogP contribution is 2.53. The van der Waals surface area contributed by atoms with E-state index in [0.717, 1.165) is 0 Å². The van der Waals surface area contributed by atoms with Crippen molar-refractivity contribution in [2.75, 3.05) is 0 Å². The minimum Gasteiger partial charge on any atom is -0.386 e. The van der Waals surface area contributed by atoms with Crippen LogP contribution in [0.3, 0.4) is 0 Å². The van der Waals surface area contributed by atoms with Gasteiger partial charge in [0.1, 0.15) is 6.17 Å². The van der Waals surface area contributed by atoms with Crippen LogP contribution in [0, 0.1) is 11.8 Å². The number of alkyl halides is 1. The van der Waals surface area contributed by atoms with Gasteiger partial charge in [0.2, 0.25) is 0 Å². The first-order valence-corrected chi connectivity index (χ1v) is 4.35. The molecule has 0 aromatic heterocycles. The molecule has 0 amide bonds. The Balaban J connectivity index is 2.16. The monoisotopic (exact) mass is 182 g/mol. The van der Waals surface area contributed by atoms with Gasteiger partial charge in [0.15, 0.2) is 0 Å². The maximum absolute atomic E-state index is 13.4. The number of fused-ring (bicyclic) bond motifs is 4. The van der Waals surface area contributed by atoms with Crippen molar-refractivity contribution in [2.45, 2.75) is 19.0 Å². The van der Waals surface area contributed by atoms with Crippen LogP contribution in [0.15, 0.2) is 11.1 Å². The fourth-order valence-corrected chi connectivity index (χ4v) is 2.68. The van der Waals surface area contributed by atoms with Crippen LogP contribution in [0.1, 0.15) is 12.8 Å². The summed E-state index contributed by atoms with van der Waals surface area (Å²) >= 11 is 0. The van der Waals surface area contributed by atoms with Crippen LogP contribution < -0.4 is 0 Å². The van der Waals surface area contributed by atoms with Gasteiger partial charge in [-0.25, -0.2) is 14.0 Å². The number of carbonyl (C=O) groups excluding carboxylic acids is 2. The molecule has 0 aromatic carbocycles. The summed E-state index contributed by atoms with van der Waals surface area (Å²) in [6.07, 6.45) is 0.321. The third-order valence-corrected chi connectivity index (χ3v) is 3.21. The Hall–Kier alpha value is -1.19. The van der Waals surface area contributed by atoms with Gasteiger partial charge in [-0.2, -0.15) is 0 Å². The van der Waals surface area contributed by atoms with E-state index in [9.17, 15) is 14.0 Å². The maximum atomic E-state index is 13.4. The Bertz CT molecular complexity index is 326. The van der Waals surface area contributed by atoms with Crippen LogP contribution in [-0.4, -0.2) is 18.1 Å². The fourth-order valence-electron chi connectivity index (χ4n) is 2.68. The van der Waals surface area contributed by atoms with Gasteiger partial charge < -0.3 is 4.74 Å². The van der Waals surface area contributed by atoms with Gasteiger partial charge in [-0.1, -0.05) is 0 Å². The summed E-state index contributed by atoms with van der Waals surface area (Å²) in [6, 6.07) is 0. The zero-order chi connectivity index (χ0) is 9.16. The Morgan fingerprint density at radius 2 is 1.54 bits per heavy atom. The van der Waals surface area contributed by atoms with Crippen molar-refractivity contribution >= 4 is 11.9 Å². The van der Waals surface area contributed by atoms with E-state index in [1.165, 1.54) is 0 Å². The Kier molecular flexibility index (Phi) is 1.11. The molecule has 2 bridgehead atoms. The molecule has 3 rings (SSSR count). The van der Waals surface area contributed by atoms with Crippen LogP contribution in [0.5, 0.6) is 0 Å². The highest BCUT2D eigenvalue weighted by molar-refractivity contribution is 6.14. The molecule has 2 atom stereocenters. The predicted molar refractivity (Wildman–Crippen MR) is 39.2 cm³/mol. The van der Waals surface area contributed by atoms with E-state index in [1.54, 1.807) is 0 Å². The quantitative estimate of drug-likeness (QED) is 0.410. The first kappa shape index (κ1) is 7.24. The van der Waals surface area contributed by atoms with Crippen molar-refractivity contribution in [1.82, 2.24) is 0 Å². The maximum Gasteiger partial charge on any atom is 0.342 e. The summed E-state index contributed by atoms with van der Waals surface area (Å²) in [5.74, 6) is -1.96. The van der Waals surface area contributed by atoms with Gasteiger partial charge in [-0.05, 0) is 12.8 Å². The second-order valence-corrected chi connectivity index (χ2v) is 3.74. The van der Waals surface area contributed by atoms with E-state index < -0.39 is 18.1 Å². The second kappa shape index (κ2) is 2.00. The summed E-state index contributed by atoms with van der Waals surface area (Å²) in [6.45, 7) is 0. The van der Waals surface area contributed by atoms with E-state index in [1.807, 2.05) is 0 Å². The molecule has 1 heterocycles. The molecule has 1 saturated carbocycles. The van der Waals surface area contributed by atoms with Crippen LogP contribution in [-0.2, 0) is 14.3 Å². The largest absolute Gasteiger partial charge is 0.386 e. The zero-order valence-electron chi connectivity index (χ0n) is 6.75. The lowest BCUT2D eigenvalue weighted by Crippen LogP contribution is -2.18. The molecule has 0 saturated heterocycles. The highest BCUT2D eigenvalue weighted by Gasteiger charge is 2.56. The molecule has 3 aliphatic rings. The number of carbonyl (C=O) groups is 2. The van der Waals surface area contributed by atoms with E-state index in [2.05, 4.69) is 4.74 Å². The van der Waals surface area contributed by atoms with Gasteiger partial charge >= 0.3 is 11.9 Å². The third kappa shape index (κ3) is 0.654. The number of rotatable bonds is 0. The summed E-state index contributed by atoms with van der Waals surface area (Å²) in [4.78, 5) is 22.3. The third-order valence-electron chi connectivity index (χ3n) is 3.21. The molecule has 3 nitrogen and oxygen atoms in total. The molecular weight excluding hydrogens is 175 g/mol. The average Bonchev–Trinajstić information content (AvgIpc) is 2.67. The minimum atomic E-state index is -1.03. The zero-order valence-corrected chi connectivity index (χ0v) is 6.75. The van der Waals surface area contributed by atoms with E-state index in [0.29, 0.717) is 24.0 Å². The van der Waals surface area contributed by atoms with Gasteiger partial charge in [0.25, 0.3) is 0 Å². The molecule has 0 aromatic rings. The molecule has 1 fully saturated rings. The summed E-state index contributed by atoms with van der Waals surface area (Å²) in [7, 11) is 0. The van der Waals surface area contributed by atoms with E-state index in [-0.39, 0.29) is 11.8 Å². The highest BCUT2D eigenvalue weighted by atomic mass is 19.1. The molecule has 2 unspecified atom stereocenters. The lowest BCUT2D eigenvalue weighted by Gasteiger charge is -2.08. The van der Waals surface area contributed by atoms with Gasteiger partial charge in [-0.15, -0.1) is 0 Å². The number of hydrogen-bond acceptors (Lipinski definition) is 3. The normalized spacial score (nSPS) is 41.5. The predicted octanol–water partition coefficient (Wildman–Crippen LogP) is 0.744. The molecule has 1 aliphatic heterocycles. The van der Waals surface area contributed by atoms with Crippen LogP contribution in [0.4, 0.5) is 4.39 Å². The number of ether oxygens (including phenoxy) is 1. The number of hydrogen-bond donors (Lipinski definition) is 0. The Morgan fingerprint density at radius 1 is 1.08 bits per heavy atom. The van der Waals surface area contributed by atoms with Crippen molar-refractivity contribution in [3.8, 4) is 0 Å². The fraction of sp³-hybridized carbons (Fsp3) is 0.556. The summed E-state index contributed by atoms with van der Waals surface area (Å²) < 4.78 is 17.9. The van der Waals surface area contributed by atoms with Crippen LogP contribution in [0.25, 0.3) is 0 Å². The summed E-state index contributed by atoms with van der Waals surface area (Å²) in [5, 5.41) is 0. The SMILES string of the molecule is O=C1OC(=O)C2=C1C1CCC2C1F. The molecule has 2 aliphatic carbocycles. The molecule has 68 valence electrons. The standard InChI is InChI=1S/C9H7FO3/c10-7-3-1-2-4(7)6-5(3)8(11)13-9(6)12/h3-4,7H,1-2H2. The smallest absolute Gasteiger partial charge is 0.342 e. The summed E-state index contributed by atoms with van der Waals surface area (Å²) in [5.41, 5.74) is 0.655.